The zero-order chi connectivity index (χ0) is 13.1. The number of rotatable bonds is 4. The molecular weight excluding hydrogens is 229 g/mol. The molecule has 1 aromatic rings. The molecule has 0 spiro atoms. The highest BCUT2D eigenvalue weighted by atomic mass is 19.4. The minimum atomic E-state index is -4.42. The van der Waals surface area contributed by atoms with E-state index in [0.717, 1.165) is 6.07 Å². The van der Waals surface area contributed by atoms with Crippen molar-refractivity contribution in [1.29, 1.82) is 0 Å². The van der Waals surface area contributed by atoms with Gasteiger partial charge in [0.25, 0.3) is 0 Å². The Morgan fingerprint density at radius 2 is 1.59 bits per heavy atom. The van der Waals surface area contributed by atoms with Crippen LogP contribution in [0.5, 0.6) is 0 Å². The molecule has 1 N–H and O–H groups in total. The van der Waals surface area contributed by atoms with Gasteiger partial charge in [-0.25, -0.2) is 0 Å². The van der Waals surface area contributed by atoms with Gasteiger partial charge >= 0.3 is 6.18 Å². The molecule has 0 bridgehead atoms. The molecule has 4 heteroatoms. The van der Waals surface area contributed by atoms with Crippen molar-refractivity contribution < 1.29 is 18.3 Å². The SMILES string of the molecule is CCCC(O)(CC)c1ccccc1C(F)(F)F. The predicted molar refractivity (Wildman–Crippen MR) is 60.5 cm³/mol. The summed E-state index contributed by atoms with van der Waals surface area (Å²) in [6.07, 6.45) is -3.19. The van der Waals surface area contributed by atoms with Crippen molar-refractivity contribution in [2.45, 2.75) is 44.9 Å². The second-order valence-electron chi connectivity index (χ2n) is 4.18. The van der Waals surface area contributed by atoms with Crippen LogP contribution in [0.25, 0.3) is 0 Å². The third-order valence-corrected chi connectivity index (χ3v) is 2.98. The first-order valence-corrected chi connectivity index (χ1v) is 5.74. The summed E-state index contributed by atoms with van der Waals surface area (Å²) in [7, 11) is 0. The second-order valence-corrected chi connectivity index (χ2v) is 4.18. The highest BCUT2D eigenvalue weighted by Gasteiger charge is 2.39. The summed E-state index contributed by atoms with van der Waals surface area (Å²) in [6, 6.07) is 5.25. The van der Waals surface area contributed by atoms with E-state index in [-0.39, 0.29) is 12.0 Å². The maximum Gasteiger partial charge on any atom is 0.416 e. The van der Waals surface area contributed by atoms with Crippen molar-refractivity contribution in [3.63, 3.8) is 0 Å². The van der Waals surface area contributed by atoms with Crippen molar-refractivity contribution in [3.8, 4) is 0 Å². The van der Waals surface area contributed by atoms with Gasteiger partial charge in [-0.1, -0.05) is 38.5 Å². The number of benzene rings is 1. The third-order valence-electron chi connectivity index (χ3n) is 2.98. The average Bonchev–Trinajstić information content (AvgIpc) is 2.28. The molecule has 0 aromatic heterocycles. The van der Waals surface area contributed by atoms with Crippen LogP contribution in [-0.4, -0.2) is 5.11 Å². The molecule has 1 atom stereocenters. The zero-order valence-corrected chi connectivity index (χ0v) is 10.0. The van der Waals surface area contributed by atoms with Gasteiger partial charge in [0.1, 0.15) is 0 Å². The van der Waals surface area contributed by atoms with Gasteiger partial charge in [-0.3, -0.25) is 0 Å². The van der Waals surface area contributed by atoms with Crippen LogP contribution in [0, 0.1) is 0 Å². The smallest absolute Gasteiger partial charge is 0.385 e. The summed E-state index contributed by atoms with van der Waals surface area (Å²) < 4.78 is 38.5. The highest BCUT2D eigenvalue weighted by Crippen LogP contribution is 2.39. The lowest BCUT2D eigenvalue weighted by atomic mass is 9.84. The Morgan fingerprint density at radius 3 is 2.00 bits per heavy atom. The number of hydrogen-bond acceptors (Lipinski definition) is 1. The van der Waals surface area contributed by atoms with E-state index < -0.39 is 17.3 Å². The van der Waals surface area contributed by atoms with Crippen molar-refractivity contribution in [2.24, 2.45) is 0 Å². The molecule has 96 valence electrons. The summed E-state index contributed by atoms with van der Waals surface area (Å²) in [5, 5.41) is 10.3. The number of alkyl halides is 3. The summed E-state index contributed by atoms with van der Waals surface area (Å²) in [5.41, 5.74) is -2.14. The van der Waals surface area contributed by atoms with E-state index >= 15 is 0 Å². The fraction of sp³-hybridized carbons (Fsp3) is 0.538. The van der Waals surface area contributed by atoms with Crippen molar-refractivity contribution in [3.05, 3.63) is 35.4 Å². The van der Waals surface area contributed by atoms with Gasteiger partial charge in [0.2, 0.25) is 0 Å². The first-order valence-electron chi connectivity index (χ1n) is 5.74. The maximum absolute atomic E-state index is 12.8. The normalized spacial score (nSPS) is 15.6. The van der Waals surface area contributed by atoms with Crippen LogP contribution in [0.15, 0.2) is 24.3 Å². The molecule has 17 heavy (non-hydrogen) atoms. The molecule has 0 aliphatic heterocycles. The topological polar surface area (TPSA) is 20.2 Å². The van der Waals surface area contributed by atoms with E-state index in [1.807, 2.05) is 6.92 Å². The molecule has 0 heterocycles. The van der Waals surface area contributed by atoms with Crippen molar-refractivity contribution in [2.75, 3.05) is 0 Å². The predicted octanol–water partition coefficient (Wildman–Crippen LogP) is 4.10. The van der Waals surface area contributed by atoms with Gasteiger partial charge in [-0.05, 0) is 24.5 Å². The summed E-state index contributed by atoms with van der Waals surface area (Å²) in [6.45, 7) is 3.54. The molecule has 1 nitrogen and oxygen atoms in total. The van der Waals surface area contributed by atoms with E-state index in [9.17, 15) is 18.3 Å². The lowest BCUT2D eigenvalue weighted by Gasteiger charge is -2.29. The lowest BCUT2D eigenvalue weighted by molar-refractivity contribution is -0.141. The molecule has 0 aliphatic rings. The van der Waals surface area contributed by atoms with Crippen LogP contribution in [0.4, 0.5) is 13.2 Å². The lowest BCUT2D eigenvalue weighted by Crippen LogP contribution is -2.28. The van der Waals surface area contributed by atoms with E-state index in [1.54, 1.807) is 6.92 Å². The van der Waals surface area contributed by atoms with Crippen molar-refractivity contribution in [1.82, 2.24) is 0 Å². The molecule has 1 unspecified atom stereocenters. The molecule has 0 fully saturated rings. The Hall–Kier alpha value is -1.03. The molecule has 1 rings (SSSR count). The van der Waals surface area contributed by atoms with Crippen molar-refractivity contribution >= 4 is 0 Å². The Morgan fingerprint density at radius 1 is 1.06 bits per heavy atom. The van der Waals surface area contributed by atoms with Crippen LogP contribution < -0.4 is 0 Å². The van der Waals surface area contributed by atoms with Crippen LogP contribution in [0.2, 0.25) is 0 Å². The molecular formula is C13H17F3O. The molecule has 0 saturated carbocycles. The Bertz CT molecular complexity index is 373. The second kappa shape index (κ2) is 5.08. The summed E-state index contributed by atoms with van der Waals surface area (Å²) in [5.74, 6) is 0. The minimum Gasteiger partial charge on any atom is -0.385 e. The quantitative estimate of drug-likeness (QED) is 0.847. The summed E-state index contributed by atoms with van der Waals surface area (Å²) in [4.78, 5) is 0. The monoisotopic (exact) mass is 246 g/mol. The molecule has 0 aliphatic carbocycles. The third kappa shape index (κ3) is 3.00. The molecule has 0 saturated heterocycles. The summed E-state index contributed by atoms with van der Waals surface area (Å²) >= 11 is 0. The van der Waals surface area contributed by atoms with Crippen LogP contribution in [-0.2, 0) is 11.8 Å². The van der Waals surface area contributed by atoms with E-state index in [4.69, 9.17) is 0 Å². The average molecular weight is 246 g/mol. The maximum atomic E-state index is 12.8. The van der Waals surface area contributed by atoms with Crippen LogP contribution in [0.3, 0.4) is 0 Å². The molecule has 1 aromatic carbocycles. The van der Waals surface area contributed by atoms with Crippen LogP contribution >= 0.6 is 0 Å². The van der Waals surface area contributed by atoms with E-state index in [2.05, 4.69) is 0 Å². The largest absolute Gasteiger partial charge is 0.416 e. The van der Waals surface area contributed by atoms with Gasteiger partial charge in [0.05, 0.1) is 11.2 Å². The molecule has 0 radical (unpaired) electrons. The Labute approximate surface area is 99.3 Å². The zero-order valence-electron chi connectivity index (χ0n) is 10.0. The fourth-order valence-electron chi connectivity index (χ4n) is 2.05. The van der Waals surface area contributed by atoms with Gasteiger partial charge in [0, 0.05) is 0 Å². The van der Waals surface area contributed by atoms with Gasteiger partial charge in [-0.2, -0.15) is 13.2 Å². The van der Waals surface area contributed by atoms with Gasteiger partial charge in [0.15, 0.2) is 0 Å². The highest BCUT2D eigenvalue weighted by molar-refractivity contribution is 5.34. The van der Waals surface area contributed by atoms with Gasteiger partial charge < -0.3 is 5.11 Å². The molecule has 0 amide bonds. The standard InChI is InChI=1S/C13H17F3O/c1-3-9-12(17,4-2)10-7-5-6-8-11(10)13(14,15)16/h5-8,17H,3-4,9H2,1-2H3. The first kappa shape index (κ1) is 14.0. The van der Waals surface area contributed by atoms with Crippen LogP contribution in [0.1, 0.15) is 44.2 Å². The Balaban J connectivity index is 3.29. The fourth-order valence-corrected chi connectivity index (χ4v) is 2.05. The van der Waals surface area contributed by atoms with E-state index in [1.165, 1.54) is 18.2 Å². The number of aliphatic hydroxyl groups is 1. The minimum absolute atomic E-state index is 0.0168. The number of halogens is 3. The number of hydrogen-bond donors (Lipinski definition) is 1. The van der Waals surface area contributed by atoms with E-state index in [0.29, 0.717) is 12.8 Å². The van der Waals surface area contributed by atoms with Gasteiger partial charge in [-0.15, -0.1) is 0 Å². The first-order chi connectivity index (χ1) is 7.85. The Kier molecular flexibility index (Phi) is 4.20.